The van der Waals surface area contributed by atoms with E-state index < -0.39 is 11.8 Å². The molecule has 0 bridgehead atoms. The van der Waals surface area contributed by atoms with Crippen LogP contribution in [0.4, 0.5) is 4.39 Å². The van der Waals surface area contributed by atoms with Crippen LogP contribution in [0.5, 0.6) is 0 Å². The predicted molar refractivity (Wildman–Crippen MR) is 59.2 cm³/mol. The van der Waals surface area contributed by atoms with Crippen LogP contribution in [0.3, 0.4) is 0 Å². The van der Waals surface area contributed by atoms with Gasteiger partial charge in [-0.3, -0.25) is 4.79 Å². The largest absolute Gasteiger partial charge is 0.466 e. The fourth-order valence-electron chi connectivity index (χ4n) is 1.21. The highest BCUT2D eigenvalue weighted by atomic mass is 79.9. The molecule has 0 aliphatic heterocycles. The summed E-state index contributed by atoms with van der Waals surface area (Å²) in [6.45, 7) is 1.97. The second-order valence-electron chi connectivity index (χ2n) is 3.02. The van der Waals surface area contributed by atoms with Crippen molar-refractivity contribution in [3.63, 3.8) is 0 Å². The minimum Gasteiger partial charge on any atom is -0.466 e. The van der Waals surface area contributed by atoms with Gasteiger partial charge in [0.2, 0.25) is 0 Å². The number of rotatable bonds is 3. The molecule has 0 aromatic heterocycles. The monoisotopic (exact) mass is 285 g/mol. The van der Waals surface area contributed by atoms with E-state index in [1.807, 2.05) is 6.07 Å². The highest BCUT2D eigenvalue weighted by Crippen LogP contribution is 2.23. The van der Waals surface area contributed by atoms with Crippen molar-refractivity contribution in [3.8, 4) is 6.07 Å². The van der Waals surface area contributed by atoms with Gasteiger partial charge in [0.05, 0.1) is 29.1 Å². The molecule has 1 rings (SSSR count). The van der Waals surface area contributed by atoms with Crippen molar-refractivity contribution in [2.75, 3.05) is 6.61 Å². The lowest BCUT2D eigenvalue weighted by Gasteiger charge is -2.05. The zero-order valence-electron chi connectivity index (χ0n) is 8.59. The highest BCUT2D eigenvalue weighted by Gasteiger charge is 2.12. The summed E-state index contributed by atoms with van der Waals surface area (Å²) in [7, 11) is 0. The van der Waals surface area contributed by atoms with Gasteiger partial charge in [0.25, 0.3) is 0 Å². The van der Waals surface area contributed by atoms with E-state index in [4.69, 9.17) is 10.00 Å². The molecule has 0 aliphatic carbocycles. The molecule has 1 aromatic carbocycles. The number of hydrogen-bond donors (Lipinski definition) is 0. The molecule has 0 fully saturated rings. The first-order valence-corrected chi connectivity index (χ1v) is 5.41. The number of benzene rings is 1. The van der Waals surface area contributed by atoms with Crippen LogP contribution in [0.1, 0.15) is 18.1 Å². The lowest BCUT2D eigenvalue weighted by molar-refractivity contribution is -0.142. The van der Waals surface area contributed by atoms with Gasteiger partial charge in [0.1, 0.15) is 5.82 Å². The molecule has 0 unspecified atom stereocenters. The quantitative estimate of drug-likeness (QED) is 0.802. The number of ether oxygens (including phenoxy) is 1. The van der Waals surface area contributed by atoms with E-state index >= 15 is 0 Å². The van der Waals surface area contributed by atoms with Crippen molar-refractivity contribution < 1.29 is 13.9 Å². The molecule has 16 heavy (non-hydrogen) atoms. The highest BCUT2D eigenvalue weighted by molar-refractivity contribution is 9.10. The summed E-state index contributed by atoms with van der Waals surface area (Å²) in [6, 6.07) is 4.40. The van der Waals surface area contributed by atoms with Crippen LogP contribution in [-0.2, 0) is 16.0 Å². The molecule has 0 saturated carbocycles. The Morgan fingerprint density at radius 1 is 1.62 bits per heavy atom. The molecule has 0 aliphatic rings. The van der Waals surface area contributed by atoms with Crippen LogP contribution in [0.25, 0.3) is 0 Å². The molecule has 0 amide bonds. The lowest BCUT2D eigenvalue weighted by Crippen LogP contribution is -2.08. The number of halogens is 2. The number of nitrogens with zero attached hydrogens (tertiary/aromatic N) is 1. The molecular formula is C11H9BrFNO2. The van der Waals surface area contributed by atoms with E-state index in [-0.39, 0.29) is 23.1 Å². The Labute approximate surface area is 101 Å². The van der Waals surface area contributed by atoms with E-state index in [1.165, 1.54) is 6.07 Å². The van der Waals surface area contributed by atoms with Gasteiger partial charge in [-0.15, -0.1) is 0 Å². The maximum atomic E-state index is 13.3. The maximum Gasteiger partial charge on any atom is 0.310 e. The van der Waals surface area contributed by atoms with E-state index in [9.17, 15) is 9.18 Å². The Morgan fingerprint density at radius 3 is 2.88 bits per heavy atom. The molecule has 3 nitrogen and oxygen atoms in total. The standard InChI is InChI=1S/C11H9BrFNO2/c1-2-16-10(15)5-8-3-7(6-14)4-9(13)11(8)12/h3-4H,2,5H2,1H3. The Bertz CT molecular complexity index is 454. The van der Waals surface area contributed by atoms with Crippen molar-refractivity contribution in [1.82, 2.24) is 0 Å². The SMILES string of the molecule is CCOC(=O)Cc1cc(C#N)cc(F)c1Br. The minimum absolute atomic E-state index is 0.0547. The minimum atomic E-state index is -0.557. The fourth-order valence-corrected chi connectivity index (χ4v) is 1.58. The molecule has 0 N–H and O–H groups in total. The molecule has 0 radical (unpaired) electrons. The third kappa shape index (κ3) is 3.04. The number of carbonyl (C=O) groups excluding carboxylic acids is 1. The van der Waals surface area contributed by atoms with E-state index in [2.05, 4.69) is 15.9 Å². The van der Waals surface area contributed by atoms with Crippen molar-refractivity contribution in [3.05, 3.63) is 33.5 Å². The summed E-state index contributed by atoms with van der Waals surface area (Å²) < 4.78 is 18.3. The average molecular weight is 286 g/mol. The van der Waals surface area contributed by atoms with Gasteiger partial charge < -0.3 is 4.74 Å². The first-order chi connectivity index (χ1) is 7.58. The van der Waals surface area contributed by atoms with E-state index in [0.29, 0.717) is 5.56 Å². The number of esters is 1. The zero-order chi connectivity index (χ0) is 12.1. The third-order valence-corrected chi connectivity index (χ3v) is 2.76. The van der Waals surface area contributed by atoms with Crippen molar-refractivity contribution in [2.24, 2.45) is 0 Å². The summed E-state index contributed by atoms with van der Waals surface area (Å²) in [5.41, 5.74) is 0.593. The first kappa shape index (κ1) is 12.7. The Kier molecular flexibility index (Phi) is 4.44. The second kappa shape index (κ2) is 5.61. The van der Waals surface area contributed by atoms with Gasteiger partial charge in [-0.25, -0.2) is 4.39 Å². The predicted octanol–water partition coefficient (Wildman–Crippen LogP) is 2.57. The van der Waals surface area contributed by atoms with Crippen LogP contribution < -0.4 is 0 Å². The van der Waals surface area contributed by atoms with Crippen LogP contribution in [0.15, 0.2) is 16.6 Å². The zero-order valence-corrected chi connectivity index (χ0v) is 10.2. The Balaban J connectivity index is 3.00. The molecule has 0 heterocycles. The molecule has 0 saturated heterocycles. The van der Waals surface area contributed by atoms with Crippen LogP contribution >= 0.6 is 15.9 Å². The molecule has 84 valence electrons. The van der Waals surface area contributed by atoms with Gasteiger partial charge in [-0.05, 0) is 40.5 Å². The van der Waals surface area contributed by atoms with Gasteiger partial charge in [-0.1, -0.05) is 0 Å². The number of carbonyl (C=O) groups is 1. The number of hydrogen-bond acceptors (Lipinski definition) is 3. The van der Waals surface area contributed by atoms with E-state index in [1.54, 1.807) is 6.92 Å². The molecule has 0 atom stereocenters. The summed E-state index contributed by atoms with van der Waals surface area (Å²) in [6.07, 6.45) is -0.0547. The third-order valence-electron chi connectivity index (χ3n) is 1.87. The first-order valence-electron chi connectivity index (χ1n) is 4.62. The van der Waals surface area contributed by atoms with Crippen molar-refractivity contribution in [1.29, 1.82) is 5.26 Å². The van der Waals surface area contributed by atoms with Crippen LogP contribution in [0, 0.1) is 17.1 Å². The Hall–Kier alpha value is -1.41. The molecular weight excluding hydrogens is 277 g/mol. The fraction of sp³-hybridized carbons (Fsp3) is 0.273. The maximum absolute atomic E-state index is 13.3. The van der Waals surface area contributed by atoms with Crippen molar-refractivity contribution in [2.45, 2.75) is 13.3 Å². The average Bonchev–Trinajstić information content (AvgIpc) is 2.24. The summed E-state index contributed by atoms with van der Waals surface area (Å²) >= 11 is 3.03. The van der Waals surface area contributed by atoms with Gasteiger partial charge in [0.15, 0.2) is 0 Å². The second-order valence-corrected chi connectivity index (χ2v) is 3.82. The van der Waals surface area contributed by atoms with Crippen LogP contribution in [0.2, 0.25) is 0 Å². The van der Waals surface area contributed by atoms with Gasteiger partial charge >= 0.3 is 5.97 Å². The Morgan fingerprint density at radius 2 is 2.31 bits per heavy atom. The molecule has 1 aromatic rings. The normalized spacial score (nSPS) is 9.62. The summed E-state index contributed by atoms with van der Waals surface area (Å²) in [5, 5.41) is 8.67. The van der Waals surface area contributed by atoms with Gasteiger partial charge in [0, 0.05) is 0 Å². The molecule has 5 heteroatoms. The van der Waals surface area contributed by atoms with Crippen molar-refractivity contribution >= 4 is 21.9 Å². The summed E-state index contributed by atoms with van der Waals surface area (Å²) in [4.78, 5) is 11.2. The van der Waals surface area contributed by atoms with Crippen LogP contribution in [-0.4, -0.2) is 12.6 Å². The van der Waals surface area contributed by atoms with Gasteiger partial charge in [-0.2, -0.15) is 5.26 Å². The van der Waals surface area contributed by atoms with E-state index in [0.717, 1.165) is 6.07 Å². The number of nitriles is 1. The topological polar surface area (TPSA) is 50.1 Å². The lowest BCUT2D eigenvalue weighted by atomic mass is 10.1. The smallest absolute Gasteiger partial charge is 0.310 e. The summed E-state index contributed by atoms with van der Waals surface area (Å²) in [5.74, 6) is -1.00. The molecule has 0 spiro atoms.